The molecule has 110 valence electrons. The first kappa shape index (κ1) is 14.4. The van der Waals surface area contributed by atoms with Gasteiger partial charge in [0, 0.05) is 20.5 Å². The lowest BCUT2D eigenvalue weighted by Gasteiger charge is -1.94. The fraction of sp³-hybridized carbons (Fsp3) is 0. The summed E-state index contributed by atoms with van der Waals surface area (Å²) in [6.07, 6.45) is 6.41. The molecular weight excluding hydrogens is 340 g/mol. The van der Waals surface area contributed by atoms with Gasteiger partial charge in [0.2, 0.25) is 0 Å². The predicted molar refractivity (Wildman–Crippen MR) is 102 cm³/mol. The van der Waals surface area contributed by atoms with E-state index in [-0.39, 0.29) is 0 Å². The molecule has 0 amide bonds. The maximum absolute atomic E-state index is 11.0. The van der Waals surface area contributed by atoms with E-state index in [1.54, 1.807) is 22.7 Å². The van der Waals surface area contributed by atoms with E-state index in [1.807, 2.05) is 18.2 Å². The third-order valence-electron chi connectivity index (χ3n) is 3.56. The van der Waals surface area contributed by atoms with Crippen LogP contribution in [-0.4, -0.2) is 6.29 Å². The molecule has 0 aliphatic carbocycles. The van der Waals surface area contributed by atoms with Gasteiger partial charge in [-0.3, -0.25) is 4.79 Å². The molecule has 4 rings (SSSR count). The van der Waals surface area contributed by atoms with Gasteiger partial charge in [0.25, 0.3) is 0 Å². The minimum Gasteiger partial charge on any atom is -0.297 e. The largest absolute Gasteiger partial charge is 0.297 e. The second-order valence-electron chi connectivity index (χ2n) is 4.93. The summed E-state index contributed by atoms with van der Waals surface area (Å²) in [5.41, 5.74) is 0. The highest BCUT2D eigenvalue weighted by Crippen LogP contribution is 2.47. The number of benzene rings is 1. The number of fused-ring (bicyclic) bond motifs is 1. The molecule has 0 radical (unpaired) electrons. The third-order valence-corrected chi connectivity index (χ3v) is 7.17. The van der Waals surface area contributed by atoms with E-state index in [9.17, 15) is 4.79 Å². The Morgan fingerprint density at radius 3 is 2.04 bits per heavy atom. The van der Waals surface area contributed by atoms with Gasteiger partial charge in [-0.2, -0.15) is 0 Å². The maximum atomic E-state index is 11.0. The molecule has 4 aromatic rings. The van der Waals surface area contributed by atoms with Crippen LogP contribution in [0.4, 0.5) is 0 Å². The van der Waals surface area contributed by atoms with Crippen LogP contribution in [0.5, 0.6) is 0 Å². The molecule has 0 saturated carbocycles. The van der Waals surface area contributed by atoms with E-state index >= 15 is 0 Å². The lowest BCUT2D eigenvalue weighted by molar-refractivity contribution is 0.112. The minimum atomic E-state index is 0.754. The first-order valence-corrected chi connectivity index (χ1v) is 9.39. The fourth-order valence-corrected chi connectivity index (χ4v) is 5.70. The van der Waals surface area contributed by atoms with Crippen LogP contribution in [-0.2, 0) is 0 Å². The van der Waals surface area contributed by atoms with Gasteiger partial charge in [-0.25, -0.2) is 0 Å². The van der Waals surface area contributed by atoms with Crippen molar-refractivity contribution < 1.29 is 4.79 Å². The summed E-state index contributed by atoms with van der Waals surface area (Å²) < 4.78 is 0. The molecule has 0 atom stereocenters. The van der Waals surface area contributed by atoms with Crippen LogP contribution in [0.25, 0.3) is 30.3 Å². The van der Waals surface area contributed by atoms with E-state index in [1.165, 1.54) is 36.7 Å². The number of rotatable bonds is 3. The molecule has 4 heteroatoms. The first-order chi connectivity index (χ1) is 11.3. The van der Waals surface area contributed by atoms with Crippen molar-refractivity contribution in [3.05, 3.63) is 58.3 Å². The summed E-state index contributed by atoms with van der Waals surface area (Å²) >= 11 is 4.94. The molecule has 0 spiro atoms. The zero-order chi connectivity index (χ0) is 15.8. The monoisotopic (exact) mass is 350 g/mol. The van der Waals surface area contributed by atoms with Gasteiger partial charge in [0.15, 0.2) is 6.29 Å². The number of aldehydes is 1. The zero-order valence-corrected chi connectivity index (χ0v) is 14.4. The smallest absolute Gasteiger partial charge is 0.160 e. The summed E-state index contributed by atoms with van der Waals surface area (Å²) in [5, 5.41) is 2.46. The maximum Gasteiger partial charge on any atom is 0.160 e. The lowest BCUT2D eigenvalue weighted by atomic mass is 10.1. The molecule has 0 unspecified atom stereocenters. The molecule has 1 aromatic carbocycles. The lowest BCUT2D eigenvalue weighted by Crippen LogP contribution is -1.68. The minimum absolute atomic E-state index is 0.754. The van der Waals surface area contributed by atoms with Crippen molar-refractivity contribution in [3.63, 3.8) is 0 Å². The van der Waals surface area contributed by atoms with Crippen molar-refractivity contribution in [1.82, 2.24) is 0 Å². The van der Waals surface area contributed by atoms with Gasteiger partial charge >= 0.3 is 0 Å². The topological polar surface area (TPSA) is 17.1 Å². The average Bonchev–Trinajstić information content (AvgIpc) is 3.31. The summed E-state index contributed by atoms with van der Waals surface area (Å²) in [4.78, 5) is 17.4. The standard InChI is InChI=1S/C19H10OS3/c1-2-12-7-9-16(21-12)18-14-5-3-4-6-15(14)19(23-18)17-10-8-13(11-20)22-17/h1,3-11H. The molecular formula is C19H10OS3. The summed E-state index contributed by atoms with van der Waals surface area (Å²) in [5.74, 6) is 2.70. The van der Waals surface area contributed by atoms with Crippen molar-refractivity contribution in [2.24, 2.45) is 0 Å². The van der Waals surface area contributed by atoms with Gasteiger partial charge in [-0.05, 0) is 24.3 Å². The molecule has 0 aliphatic heterocycles. The van der Waals surface area contributed by atoms with E-state index in [0.29, 0.717) is 0 Å². The molecule has 0 N–H and O–H groups in total. The molecule has 0 fully saturated rings. The van der Waals surface area contributed by atoms with Crippen molar-refractivity contribution in [1.29, 1.82) is 0 Å². The second kappa shape index (κ2) is 5.78. The molecule has 23 heavy (non-hydrogen) atoms. The molecule has 0 aliphatic rings. The highest BCUT2D eigenvalue weighted by Gasteiger charge is 2.16. The quantitative estimate of drug-likeness (QED) is 0.320. The van der Waals surface area contributed by atoms with Crippen molar-refractivity contribution in [2.45, 2.75) is 0 Å². The Morgan fingerprint density at radius 2 is 1.48 bits per heavy atom. The molecule has 3 heterocycles. The van der Waals surface area contributed by atoms with Crippen LogP contribution >= 0.6 is 34.0 Å². The van der Waals surface area contributed by atoms with Gasteiger partial charge in [0.1, 0.15) is 0 Å². The SMILES string of the molecule is C#Cc1ccc(-c2sc(-c3ccc(C=O)s3)c3ccccc23)s1. The Balaban J connectivity index is 1.96. The highest BCUT2D eigenvalue weighted by molar-refractivity contribution is 7.28. The van der Waals surface area contributed by atoms with E-state index in [2.05, 4.69) is 36.3 Å². The van der Waals surface area contributed by atoms with Crippen LogP contribution in [0.15, 0.2) is 48.5 Å². The molecule has 3 aromatic heterocycles. The molecule has 0 saturated heterocycles. The van der Waals surface area contributed by atoms with Gasteiger partial charge in [-0.15, -0.1) is 40.4 Å². The average molecular weight is 350 g/mol. The van der Waals surface area contributed by atoms with Crippen molar-refractivity contribution in [3.8, 4) is 31.9 Å². The number of carbonyl (C=O) groups excluding carboxylic acids is 1. The third kappa shape index (κ3) is 2.43. The summed E-state index contributed by atoms with van der Waals surface area (Å²) in [6.45, 7) is 0. The van der Waals surface area contributed by atoms with Gasteiger partial charge in [0.05, 0.1) is 19.5 Å². The Bertz CT molecular complexity index is 1060. The number of terminal acetylenes is 1. The number of thiophene rings is 3. The summed E-state index contributed by atoms with van der Waals surface area (Å²) in [7, 11) is 0. The fourth-order valence-electron chi connectivity index (χ4n) is 2.53. The van der Waals surface area contributed by atoms with Crippen LogP contribution in [0.2, 0.25) is 0 Å². The Hall–Kier alpha value is -2.19. The van der Waals surface area contributed by atoms with Crippen LogP contribution in [0.3, 0.4) is 0 Å². The first-order valence-electron chi connectivity index (χ1n) is 6.94. The Kier molecular flexibility index (Phi) is 3.62. The van der Waals surface area contributed by atoms with E-state index in [4.69, 9.17) is 6.42 Å². The molecule has 0 bridgehead atoms. The number of hydrogen-bond acceptors (Lipinski definition) is 4. The van der Waals surface area contributed by atoms with E-state index < -0.39 is 0 Å². The van der Waals surface area contributed by atoms with E-state index in [0.717, 1.165) is 20.9 Å². The van der Waals surface area contributed by atoms with Crippen LogP contribution in [0.1, 0.15) is 14.5 Å². The zero-order valence-electron chi connectivity index (χ0n) is 11.9. The number of carbonyl (C=O) groups is 1. The van der Waals surface area contributed by atoms with Crippen molar-refractivity contribution in [2.75, 3.05) is 0 Å². The van der Waals surface area contributed by atoms with Gasteiger partial charge < -0.3 is 0 Å². The van der Waals surface area contributed by atoms with Gasteiger partial charge in [-0.1, -0.05) is 30.2 Å². The van der Waals surface area contributed by atoms with Crippen molar-refractivity contribution >= 4 is 51.1 Å². The predicted octanol–water partition coefficient (Wildman–Crippen LogP) is 6.15. The summed E-state index contributed by atoms with van der Waals surface area (Å²) in [6, 6.07) is 16.4. The van der Waals surface area contributed by atoms with Crippen LogP contribution < -0.4 is 0 Å². The Morgan fingerprint density at radius 1 is 0.826 bits per heavy atom. The van der Waals surface area contributed by atoms with Crippen LogP contribution in [0, 0.1) is 12.3 Å². The normalized spacial score (nSPS) is 10.7. The second-order valence-corrected chi connectivity index (χ2v) is 8.15. The number of hydrogen-bond donors (Lipinski definition) is 0. The highest BCUT2D eigenvalue weighted by atomic mass is 32.1. The Labute approximate surface area is 145 Å². The molecule has 1 nitrogen and oxygen atoms in total.